The number of carbonyl (C=O) groups excluding carboxylic acids is 1. The number of thiophene rings is 1. The Kier molecular flexibility index (Phi) is 9.01. The molecular formula is C28H31N7O4S. The van der Waals surface area contributed by atoms with Crippen molar-refractivity contribution in [3.8, 4) is 22.9 Å². The van der Waals surface area contributed by atoms with Gasteiger partial charge in [0.1, 0.15) is 5.82 Å². The number of anilines is 2. The van der Waals surface area contributed by atoms with Gasteiger partial charge in [-0.3, -0.25) is 4.90 Å². The number of hydrogen-bond donors (Lipinski definition) is 4. The van der Waals surface area contributed by atoms with Crippen molar-refractivity contribution >= 4 is 45.3 Å². The summed E-state index contributed by atoms with van der Waals surface area (Å²) in [6, 6.07) is 13.6. The van der Waals surface area contributed by atoms with Crippen LogP contribution < -0.4 is 20.8 Å². The van der Waals surface area contributed by atoms with Crippen molar-refractivity contribution in [3.05, 3.63) is 59.5 Å². The fourth-order valence-corrected chi connectivity index (χ4v) is 5.05. The first kappa shape index (κ1) is 27.3. The van der Waals surface area contributed by atoms with Crippen LogP contribution in [0, 0.1) is 0 Å². The summed E-state index contributed by atoms with van der Waals surface area (Å²) in [6.45, 7) is 5.44. The normalized spacial score (nSPS) is 13.9. The fourth-order valence-electron chi connectivity index (χ4n) is 4.25. The smallest absolute Gasteiger partial charge is 0.339 e. The lowest BCUT2D eigenvalue weighted by molar-refractivity contribution is 0.0378. The summed E-state index contributed by atoms with van der Waals surface area (Å²) in [5.41, 5.74) is 5.42. The third-order valence-electron chi connectivity index (χ3n) is 6.34. The van der Waals surface area contributed by atoms with Crippen molar-refractivity contribution in [1.82, 2.24) is 20.3 Å². The zero-order valence-electron chi connectivity index (χ0n) is 22.1. The molecule has 1 aliphatic rings. The van der Waals surface area contributed by atoms with E-state index in [1.807, 2.05) is 23.6 Å². The number of phenolic OH excluding ortho intramolecular Hbond substituents is 1. The van der Waals surface area contributed by atoms with E-state index in [9.17, 15) is 9.90 Å². The minimum Gasteiger partial charge on any atom is -0.504 e. The molecule has 4 aromatic rings. The van der Waals surface area contributed by atoms with Gasteiger partial charge in [-0.15, -0.1) is 11.3 Å². The third-order valence-corrected chi connectivity index (χ3v) is 7.25. The van der Waals surface area contributed by atoms with Gasteiger partial charge in [-0.25, -0.2) is 20.2 Å². The van der Waals surface area contributed by atoms with Gasteiger partial charge >= 0.3 is 6.03 Å². The van der Waals surface area contributed by atoms with Crippen LogP contribution in [0.5, 0.6) is 11.5 Å². The lowest BCUT2D eigenvalue weighted by atomic mass is 10.2. The zero-order valence-corrected chi connectivity index (χ0v) is 22.9. The molecule has 0 unspecified atom stereocenters. The van der Waals surface area contributed by atoms with Crippen molar-refractivity contribution in [2.24, 2.45) is 5.10 Å². The number of hydrogen-bond acceptors (Lipinski definition) is 10. The number of aromatic nitrogens is 2. The van der Waals surface area contributed by atoms with Crippen LogP contribution in [-0.4, -0.2) is 78.7 Å². The van der Waals surface area contributed by atoms with Crippen LogP contribution in [0.25, 0.3) is 21.6 Å². The van der Waals surface area contributed by atoms with E-state index in [0.717, 1.165) is 67.4 Å². The lowest BCUT2D eigenvalue weighted by Gasteiger charge is -2.26. The van der Waals surface area contributed by atoms with E-state index >= 15 is 0 Å². The Bertz CT molecular complexity index is 1470. The number of hydrazone groups is 1. The Morgan fingerprint density at radius 3 is 2.80 bits per heavy atom. The van der Waals surface area contributed by atoms with Crippen molar-refractivity contribution in [1.29, 1.82) is 0 Å². The molecule has 0 atom stereocenters. The number of nitrogens with zero attached hydrogens (tertiary/aromatic N) is 4. The Morgan fingerprint density at radius 1 is 1.18 bits per heavy atom. The summed E-state index contributed by atoms with van der Waals surface area (Å²) < 4.78 is 11.5. The molecule has 1 aliphatic heterocycles. The van der Waals surface area contributed by atoms with Gasteiger partial charge in [0.15, 0.2) is 17.3 Å². The molecular weight excluding hydrogens is 530 g/mol. The minimum atomic E-state index is -0.491. The number of fused-ring (bicyclic) bond motifs is 1. The van der Waals surface area contributed by atoms with Crippen molar-refractivity contribution in [2.75, 3.05) is 57.1 Å². The van der Waals surface area contributed by atoms with E-state index < -0.39 is 6.03 Å². The van der Waals surface area contributed by atoms with Crippen molar-refractivity contribution < 1.29 is 19.4 Å². The highest BCUT2D eigenvalue weighted by molar-refractivity contribution is 7.17. The largest absolute Gasteiger partial charge is 0.504 e. The highest BCUT2D eigenvalue weighted by atomic mass is 32.1. The number of nitrogens with one attached hydrogen (secondary N) is 3. The monoisotopic (exact) mass is 561 g/mol. The quantitative estimate of drug-likeness (QED) is 0.128. The Morgan fingerprint density at radius 2 is 2.00 bits per heavy atom. The molecule has 0 saturated carbocycles. The number of aromatic hydroxyl groups is 1. The van der Waals surface area contributed by atoms with Crippen molar-refractivity contribution in [3.63, 3.8) is 0 Å². The fraction of sp³-hybridized carbons (Fsp3) is 0.286. The van der Waals surface area contributed by atoms with Crippen LogP contribution in [0.3, 0.4) is 0 Å². The van der Waals surface area contributed by atoms with Gasteiger partial charge in [0, 0.05) is 30.9 Å². The maximum absolute atomic E-state index is 12.3. The van der Waals surface area contributed by atoms with Crippen LogP contribution in [0.15, 0.2) is 59.0 Å². The molecule has 1 fully saturated rings. The number of benzene rings is 2. The van der Waals surface area contributed by atoms with E-state index in [2.05, 4.69) is 26.1 Å². The summed E-state index contributed by atoms with van der Waals surface area (Å²) in [5.74, 6) is 1.80. The van der Waals surface area contributed by atoms with E-state index in [0.29, 0.717) is 22.8 Å². The average Bonchev–Trinajstić information content (AvgIpc) is 3.46. The molecule has 0 bridgehead atoms. The standard InChI is InChI=1S/C28H31N7O4S/c1-38-24-17-19(3-8-23(24)36)18-30-34-28(37)31-21-6-4-20(5-7-21)26-32-22-9-16-40-25(22)27(33-26)29-10-2-11-35-12-14-39-15-13-35/h3-9,16-18,36H,2,10-15H2,1H3,(H,29,32,33)(H2,31,34,37)/b30-18+. The first-order chi connectivity index (χ1) is 19.6. The average molecular weight is 562 g/mol. The van der Waals surface area contributed by atoms with Gasteiger partial charge < -0.3 is 25.2 Å². The van der Waals surface area contributed by atoms with Gasteiger partial charge in [0.2, 0.25) is 0 Å². The molecule has 2 aromatic carbocycles. The number of urea groups is 1. The lowest BCUT2D eigenvalue weighted by Crippen LogP contribution is -2.37. The highest BCUT2D eigenvalue weighted by Gasteiger charge is 2.13. The second kappa shape index (κ2) is 13.2. The minimum absolute atomic E-state index is 0.0291. The van der Waals surface area contributed by atoms with Gasteiger partial charge in [-0.05, 0) is 72.4 Å². The Hall–Kier alpha value is -4.26. The molecule has 4 N–H and O–H groups in total. The first-order valence-electron chi connectivity index (χ1n) is 13.0. The predicted octanol–water partition coefficient (Wildman–Crippen LogP) is 4.36. The molecule has 0 aliphatic carbocycles. The number of phenols is 1. The van der Waals surface area contributed by atoms with Crippen molar-refractivity contribution in [2.45, 2.75) is 6.42 Å². The van der Waals surface area contributed by atoms with Crippen LogP contribution >= 0.6 is 11.3 Å². The van der Waals surface area contributed by atoms with E-state index in [1.54, 1.807) is 35.6 Å². The second-order valence-electron chi connectivity index (χ2n) is 9.10. The van der Waals surface area contributed by atoms with Gasteiger partial charge in [-0.1, -0.05) is 0 Å². The Balaban J connectivity index is 1.17. The predicted molar refractivity (Wildman–Crippen MR) is 158 cm³/mol. The maximum atomic E-state index is 12.3. The number of ether oxygens (including phenoxy) is 2. The van der Waals surface area contributed by atoms with Gasteiger partial charge in [0.05, 0.1) is 36.8 Å². The van der Waals surface area contributed by atoms with Crippen LogP contribution in [0.2, 0.25) is 0 Å². The van der Waals surface area contributed by atoms with E-state index in [1.165, 1.54) is 19.4 Å². The topological polar surface area (TPSA) is 133 Å². The van der Waals surface area contributed by atoms with Gasteiger partial charge in [-0.2, -0.15) is 5.10 Å². The maximum Gasteiger partial charge on any atom is 0.339 e. The van der Waals surface area contributed by atoms with E-state index in [4.69, 9.17) is 19.4 Å². The molecule has 3 heterocycles. The molecule has 0 spiro atoms. The molecule has 1 saturated heterocycles. The molecule has 11 nitrogen and oxygen atoms in total. The third kappa shape index (κ3) is 7.03. The van der Waals surface area contributed by atoms with E-state index in [-0.39, 0.29) is 5.75 Å². The summed E-state index contributed by atoms with van der Waals surface area (Å²) in [4.78, 5) is 24.3. The van der Waals surface area contributed by atoms with Crippen LogP contribution in [0.4, 0.5) is 16.3 Å². The molecule has 12 heteroatoms. The summed E-state index contributed by atoms with van der Waals surface area (Å²) >= 11 is 1.62. The second-order valence-corrected chi connectivity index (χ2v) is 10.0. The molecule has 0 radical (unpaired) electrons. The first-order valence-corrected chi connectivity index (χ1v) is 13.8. The van der Waals surface area contributed by atoms with Gasteiger partial charge in [0.25, 0.3) is 0 Å². The Labute approximate surface area is 235 Å². The molecule has 5 rings (SSSR count). The summed E-state index contributed by atoms with van der Waals surface area (Å²) in [7, 11) is 1.46. The number of amides is 2. The SMILES string of the molecule is COc1cc(/C=N/NC(=O)Nc2ccc(-c3nc(NCCCN4CCOCC4)c4sccc4n3)cc2)ccc1O. The molecule has 40 heavy (non-hydrogen) atoms. The summed E-state index contributed by atoms with van der Waals surface area (Å²) in [5, 5.41) is 21.9. The molecule has 2 aromatic heterocycles. The molecule has 208 valence electrons. The summed E-state index contributed by atoms with van der Waals surface area (Å²) in [6.07, 6.45) is 2.47. The van der Waals surface area contributed by atoms with Crippen LogP contribution in [-0.2, 0) is 4.74 Å². The number of methoxy groups -OCH3 is 1. The zero-order chi connectivity index (χ0) is 27.7. The van der Waals surface area contributed by atoms with Crippen LogP contribution in [0.1, 0.15) is 12.0 Å². The highest BCUT2D eigenvalue weighted by Crippen LogP contribution is 2.29. The molecule has 2 amide bonds. The number of morpholine rings is 1. The number of carbonyl (C=O) groups is 1. The number of rotatable bonds is 10.